The Balaban J connectivity index is 2.43. The first kappa shape index (κ1) is 30.3. The topological polar surface area (TPSA) is 129 Å². The van der Waals surface area contributed by atoms with Crippen LogP contribution in [0, 0.1) is 3.57 Å². The molecule has 0 aromatic heterocycles. The fraction of sp³-hybridized carbons (Fsp3) is 0.615. The van der Waals surface area contributed by atoms with Crippen LogP contribution in [-0.2, 0) is 16.2 Å². The number of methoxy groups -OCH3 is 1. The van der Waals surface area contributed by atoms with Crippen LogP contribution in [0.3, 0.4) is 0 Å². The Bertz CT molecular complexity index is 909. The van der Waals surface area contributed by atoms with Gasteiger partial charge < -0.3 is 35.0 Å². The lowest BCUT2D eigenvalue weighted by molar-refractivity contribution is -0.138. The second-order valence-electron chi connectivity index (χ2n) is 8.78. The molecule has 10 heteroatoms. The van der Waals surface area contributed by atoms with Crippen molar-refractivity contribution in [1.29, 1.82) is 0 Å². The van der Waals surface area contributed by atoms with E-state index in [0.717, 1.165) is 25.7 Å². The molecular formula is C26H39IN2O7. The Morgan fingerprint density at radius 1 is 1.19 bits per heavy atom. The van der Waals surface area contributed by atoms with Gasteiger partial charge in [-0.05, 0) is 52.8 Å². The predicted molar refractivity (Wildman–Crippen MR) is 145 cm³/mol. The number of nitrogens with zero attached hydrogens (tertiary/aromatic N) is 1. The fourth-order valence-electron chi connectivity index (χ4n) is 4.28. The molecule has 0 heterocycles. The van der Waals surface area contributed by atoms with E-state index in [0.29, 0.717) is 32.8 Å². The second-order valence-corrected chi connectivity index (χ2v) is 9.95. The van der Waals surface area contributed by atoms with Gasteiger partial charge in [0.25, 0.3) is 0 Å². The molecule has 9 nitrogen and oxygen atoms in total. The molecule has 1 aliphatic carbocycles. The zero-order valence-electron chi connectivity index (χ0n) is 21.3. The quantitative estimate of drug-likeness (QED) is 0.186. The summed E-state index contributed by atoms with van der Waals surface area (Å²) in [4.78, 5) is 27.5. The third kappa shape index (κ3) is 8.06. The highest BCUT2D eigenvalue weighted by molar-refractivity contribution is 14.1. The van der Waals surface area contributed by atoms with E-state index >= 15 is 0 Å². The van der Waals surface area contributed by atoms with Gasteiger partial charge in [0.2, 0.25) is 11.8 Å². The van der Waals surface area contributed by atoms with Gasteiger partial charge in [-0.3, -0.25) is 9.59 Å². The molecule has 0 bridgehead atoms. The molecule has 1 aromatic rings. The van der Waals surface area contributed by atoms with Crippen LogP contribution in [0.15, 0.2) is 23.8 Å². The summed E-state index contributed by atoms with van der Waals surface area (Å²) >= 11 is 2.07. The number of nitrogens with one attached hydrogen (secondary N) is 1. The maximum absolute atomic E-state index is 12.9. The first-order valence-corrected chi connectivity index (χ1v) is 13.6. The van der Waals surface area contributed by atoms with E-state index in [-0.39, 0.29) is 44.4 Å². The van der Waals surface area contributed by atoms with E-state index in [9.17, 15) is 19.8 Å². The van der Waals surface area contributed by atoms with Gasteiger partial charge in [0.05, 0.1) is 29.9 Å². The normalized spacial score (nSPS) is 19.4. The summed E-state index contributed by atoms with van der Waals surface area (Å²) in [7, 11) is 1.49. The molecule has 0 saturated carbocycles. The van der Waals surface area contributed by atoms with Crippen LogP contribution >= 0.6 is 22.6 Å². The summed E-state index contributed by atoms with van der Waals surface area (Å²) in [6.07, 6.45) is 3.93. The molecule has 0 spiro atoms. The number of benzene rings is 1. The Kier molecular flexibility index (Phi) is 13.0. The number of hydrogen-bond donors (Lipinski definition) is 4. The molecule has 2 amide bonds. The molecule has 202 valence electrons. The van der Waals surface area contributed by atoms with Crippen molar-refractivity contribution in [3.05, 3.63) is 32.9 Å². The largest absolute Gasteiger partial charge is 0.493 e. The predicted octanol–water partition coefficient (Wildman–Crippen LogP) is 2.53. The molecule has 0 fully saturated rings. The van der Waals surface area contributed by atoms with E-state index in [1.54, 1.807) is 30.0 Å². The highest BCUT2D eigenvalue weighted by atomic mass is 127. The molecule has 1 aliphatic rings. The Labute approximate surface area is 227 Å². The van der Waals surface area contributed by atoms with Gasteiger partial charge in [0, 0.05) is 31.5 Å². The van der Waals surface area contributed by atoms with E-state index in [1.165, 1.54) is 7.11 Å². The summed E-state index contributed by atoms with van der Waals surface area (Å²) in [5, 5.41) is 32.7. The van der Waals surface area contributed by atoms with Crippen LogP contribution in [0.4, 0.5) is 0 Å². The van der Waals surface area contributed by atoms with Gasteiger partial charge in [0.15, 0.2) is 11.5 Å². The van der Waals surface area contributed by atoms with Crippen LogP contribution in [0.5, 0.6) is 11.5 Å². The Morgan fingerprint density at radius 3 is 2.56 bits per heavy atom. The van der Waals surface area contributed by atoms with Crippen molar-refractivity contribution in [3.8, 4) is 11.5 Å². The number of ether oxygens (including phenoxy) is 2. The molecule has 0 aliphatic heterocycles. The first-order valence-electron chi connectivity index (χ1n) is 12.5. The van der Waals surface area contributed by atoms with E-state index in [1.807, 2.05) is 0 Å². The summed E-state index contributed by atoms with van der Waals surface area (Å²) in [5.41, 5.74) is 1.03. The van der Waals surface area contributed by atoms with E-state index < -0.39 is 18.2 Å². The number of unbranched alkanes of at least 4 members (excludes halogenated alkanes) is 3. The molecule has 3 atom stereocenters. The van der Waals surface area contributed by atoms with Crippen LogP contribution in [0.2, 0.25) is 0 Å². The van der Waals surface area contributed by atoms with Gasteiger partial charge in [-0.1, -0.05) is 33.1 Å². The lowest BCUT2D eigenvalue weighted by atomic mass is 9.87. The number of rotatable bonds is 14. The Morgan fingerprint density at radius 2 is 1.94 bits per heavy atom. The minimum absolute atomic E-state index is 0.0919. The molecule has 0 unspecified atom stereocenters. The first-order chi connectivity index (χ1) is 17.3. The second kappa shape index (κ2) is 15.4. The van der Waals surface area contributed by atoms with Crippen LogP contribution in [-0.4, -0.2) is 77.1 Å². The SMILES string of the molecule is CCCCCCN(C(=O)CC)[C@@H]1CC(C(=O)NCCO)=C[C@H](Oc2c(I)cc(CO)cc2OC)[C@H]1O. The average Bonchev–Trinajstić information content (AvgIpc) is 2.89. The summed E-state index contributed by atoms with van der Waals surface area (Å²) < 4.78 is 12.4. The van der Waals surface area contributed by atoms with Gasteiger partial charge in [-0.25, -0.2) is 0 Å². The zero-order valence-corrected chi connectivity index (χ0v) is 23.5. The van der Waals surface area contributed by atoms with Crippen molar-refractivity contribution in [1.82, 2.24) is 10.2 Å². The summed E-state index contributed by atoms with van der Waals surface area (Å²) in [6, 6.07) is 2.76. The molecule has 4 N–H and O–H groups in total. The Hall–Kier alpha value is -1.89. The van der Waals surface area contributed by atoms with Crippen LogP contribution < -0.4 is 14.8 Å². The number of halogens is 1. The third-order valence-corrected chi connectivity index (χ3v) is 7.02. The number of carbonyl (C=O) groups is 2. The molecule has 0 saturated heterocycles. The smallest absolute Gasteiger partial charge is 0.247 e. The lowest BCUT2D eigenvalue weighted by Crippen LogP contribution is -2.55. The van der Waals surface area contributed by atoms with Crippen LogP contribution in [0.25, 0.3) is 0 Å². The number of amides is 2. The monoisotopic (exact) mass is 618 g/mol. The zero-order chi connectivity index (χ0) is 26.7. The average molecular weight is 619 g/mol. The summed E-state index contributed by atoms with van der Waals surface area (Å²) in [6.45, 7) is 4.12. The van der Waals surface area contributed by atoms with Crippen molar-refractivity contribution < 1.29 is 34.4 Å². The standard InChI is InChI=1S/C26H39IN2O7/c1-4-6-7-8-10-29(23(32)5-2)20-14-18(26(34)28-9-11-30)15-21(24(20)33)36-25-19(27)12-17(16-31)13-22(25)35-3/h12-13,15,20-21,24,30-31,33H,4-11,14,16H2,1-3H3,(H,28,34)/t20-,21+,24+/m1/s1. The van der Waals surface area contributed by atoms with Crippen molar-refractivity contribution in [2.45, 2.75) is 77.2 Å². The molecule has 36 heavy (non-hydrogen) atoms. The minimum Gasteiger partial charge on any atom is -0.493 e. The van der Waals surface area contributed by atoms with Crippen LogP contribution in [0.1, 0.15) is 57.9 Å². The molecule has 0 radical (unpaired) electrons. The molecular weight excluding hydrogens is 579 g/mol. The highest BCUT2D eigenvalue weighted by Crippen LogP contribution is 2.37. The molecule has 1 aromatic carbocycles. The van der Waals surface area contributed by atoms with E-state index in [4.69, 9.17) is 14.6 Å². The maximum Gasteiger partial charge on any atom is 0.247 e. The van der Waals surface area contributed by atoms with Crippen molar-refractivity contribution in [2.75, 3.05) is 26.8 Å². The number of aliphatic hydroxyl groups excluding tert-OH is 3. The van der Waals surface area contributed by atoms with Gasteiger partial charge in [0.1, 0.15) is 12.2 Å². The lowest BCUT2D eigenvalue weighted by Gasteiger charge is -2.40. The number of carbonyl (C=O) groups excluding carboxylic acids is 2. The number of hydrogen-bond acceptors (Lipinski definition) is 7. The third-order valence-electron chi connectivity index (χ3n) is 6.22. The van der Waals surface area contributed by atoms with Crippen molar-refractivity contribution >= 4 is 34.4 Å². The highest BCUT2D eigenvalue weighted by Gasteiger charge is 2.40. The minimum atomic E-state index is -1.08. The van der Waals surface area contributed by atoms with Gasteiger partial charge >= 0.3 is 0 Å². The fourth-order valence-corrected chi connectivity index (χ4v) is 5.07. The summed E-state index contributed by atoms with van der Waals surface area (Å²) in [5.74, 6) is 0.302. The van der Waals surface area contributed by atoms with Gasteiger partial charge in [-0.15, -0.1) is 0 Å². The number of aliphatic hydroxyl groups is 3. The maximum atomic E-state index is 12.9. The van der Waals surface area contributed by atoms with E-state index in [2.05, 4.69) is 34.8 Å². The van der Waals surface area contributed by atoms with Crippen molar-refractivity contribution in [3.63, 3.8) is 0 Å². The van der Waals surface area contributed by atoms with Crippen molar-refractivity contribution in [2.24, 2.45) is 0 Å². The molecule has 2 rings (SSSR count). The van der Waals surface area contributed by atoms with Gasteiger partial charge in [-0.2, -0.15) is 0 Å².